The molecular weight excluding hydrogens is 388 g/mol. The first-order chi connectivity index (χ1) is 15.2. The van der Waals surface area contributed by atoms with E-state index in [4.69, 9.17) is 4.98 Å². The number of hydrogen-bond donors (Lipinski definition) is 1. The average molecular weight is 415 g/mol. The molecule has 0 radical (unpaired) electrons. The Balaban J connectivity index is 1.28. The van der Waals surface area contributed by atoms with Crippen LogP contribution in [0.15, 0.2) is 60.8 Å². The summed E-state index contributed by atoms with van der Waals surface area (Å²) in [5.41, 5.74) is 4.77. The molecule has 31 heavy (non-hydrogen) atoms. The second-order valence-electron chi connectivity index (χ2n) is 8.00. The second kappa shape index (κ2) is 8.26. The fourth-order valence-electron chi connectivity index (χ4n) is 4.16. The van der Waals surface area contributed by atoms with Gasteiger partial charge in [0.15, 0.2) is 0 Å². The maximum absolute atomic E-state index is 13.3. The van der Waals surface area contributed by atoms with E-state index in [1.807, 2.05) is 59.0 Å². The number of para-hydroxylation sites is 2. The number of carbonyl (C=O) groups is 1. The predicted octanol–water partition coefficient (Wildman–Crippen LogP) is 3.47. The van der Waals surface area contributed by atoms with E-state index >= 15 is 0 Å². The number of anilines is 1. The van der Waals surface area contributed by atoms with E-state index in [0.29, 0.717) is 18.7 Å². The first kappa shape index (κ1) is 19.4. The zero-order chi connectivity index (χ0) is 21.2. The van der Waals surface area contributed by atoms with Crippen molar-refractivity contribution in [2.75, 3.05) is 31.1 Å². The number of carbonyl (C=O) groups excluding carboxylic acids is 1. The van der Waals surface area contributed by atoms with Gasteiger partial charge in [0.05, 0.1) is 29.3 Å². The molecule has 0 aliphatic carbocycles. The third-order valence-corrected chi connectivity index (χ3v) is 5.97. The lowest BCUT2D eigenvalue weighted by Gasteiger charge is -2.21. The van der Waals surface area contributed by atoms with Crippen molar-refractivity contribution in [1.29, 1.82) is 0 Å². The lowest BCUT2D eigenvalue weighted by atomic mass is 10.2. The largest absolute Gasteiger partial charge is 0.341 e. The van der Waals surface area contributed by atoms with Crippen LogP contribution in [0.5, 0.6) is 0 Å². The highest BCUT2D eigenvalue weighted by atomic mass is 16.2. The van der Waals surface area contributed by atoms with Crippen molar-refractivity contribution in [3.8, 4) is 0 Å². The SMILES string of the molecule is Cc1c(C(=O)N2CCCN(c3nc4ccccc4[nH]3)CC2)cnn1Cc1ccccc1. The van der Waals surface area contributed by atoms with Crippen LogP contribution in [-0.4, -0.2) is 56.7 Å². The van der Waals surface area contributed by atoms with Crippen LogP contribution in [0, 0.1) is 6.92 Å². The average Bonchev–Trinajstić information content (AvgIpc) is 3.29. The molecule has 0 unspecified atom stereocenters. The van der Waals surface area contributed by atoms with E-state index in [1.165, 1.54) is 5.56 Å². The van der Waals surface area contributed by atoms with Gasteiger partial charge in [-0.15, -0.1) is 0 Å². The lowest BCUT2D eigenvalue weighted by molar-refractivity contribution is 0.0766. The second-order valence-corrected chi connectivity index (χ2v) is 8.00. The summed E-state index contributed by atoms with van der Waals surface area (Å²) in [6.07, 6.45) is 2.61. The fourth-order valence-corrected chi connectivity index (χ4v) is 4.16. The standard InChI is InChI=1S/C24H26N6O/c1-18-20(16-25-30(18)17-19-8-3-2-4-9-19)23(31)28-12-7-13-29(15-14-28)24-26-21-10-5-6-11-22(21)27-24/h2-6,8-11,16H,7,12-15,17H2,1H3,(H,26,27). The molecule has 1 amide bonds. The van der Waals surface area contributed by atoms with E-state index in [2.05, 4.69) is 27.1 Å². The minimum atomic E-state index is 0.0586. The van der Waals surface area contributed by atoms with E-state index < -0.39 is 0 Å². The van der Waals surface area contributed by atoms with Crippen molar-refractivity contribution in [2.24, 2.45) is 0 Å². The number of nitrogens with zero attached hydrogens (tertiary/aromatic N) is 5. The molecule has 1 aliphatic heterocycles. The molecule has 0 saturated carbocycles. The summed E-state index contributed by atoms with van der Waals surface area (Å²) in [4.78, 5) is 25.6. The van der Waals surface area contributed by atoms with Crippen LogP contribution in [0.1, 0.15) is 28.0 Å². The predicted molar refractivity (Wildman–Crippen MR) is 121 cm³/mol. The van der Waals surface area contributed by atoms with Crippen molar-refractivity contribution < 1.29 is 4.79 Å². The molecule has 0 bridgehead atoms. The molecule has 5 rings (SSSR count). The van der Waals surface area contributed by atoms with Gasteiger partial charge in [-0.05, 0) is 31.0 Å². The smallest absolute Gasteiger partial charge is 0.257 e. The zero-order valence-corrected chi connectivity index (χ0v) is 17.7. The van der Waals surface area contributed by atoms with Crippen molar-refractivity contribution in [2.45, 2.75) is 19.9 Å². The van der Waals surface area contributed by atoms with Gasteiger partial charge >= 0.3 is 0 Å². The van der Waals surface area contributed by atoms with Gasteiger partial charge in [0.25, 0.3) is 5.91 Å². The number of fused-ring (bicyclic) bond motifs is 1. The van der Waals surface area contributed by atoms with Gasteiger partial charge in [-0.2, -0.15) is 5.10 Å². The quantitative estimate of drug-likeness (QED) is 0.555. The molecule has 2 aromatic heterocycles. The molecular formula is C24H26N6O. The van der Waals surface area contributed by atoms with E-state index in [9.17, 15) is 4.79 Å². The topological polar surface area (TPSA) is 70.1 Å². The highest BCUT2D eigenvalue weighted by molar-refractivity contribution is 5.95. The van der Waals surface area contributed by atoms with Gasteiger partial charge in [-0.1, -0.05) is 42.5 Å². The first-order valence-electron chi connectivity index (χ1n) is 10.7. The number of hydrogen-bond acceptors (Lipinski definition) is 4. The molecule has 0 atom stereocenters. The summed E-state index contributed by atoms with van der Waals surface area (Å²) in [5.74, 6) is 0.936. The number of imidazole rings is 1. The van der Waals surface area contributed by atoms with Gasteiger partial charge < -0.3 is 14.8 Å². The van der Waals surface area contributed by atoms with Crippen molar-refractivity contribution >= 4 is 22.9 Å². The molecule has 158 valence electrons. The maximum atomic E-state index is 13.3. The minimum absolute atomic E-state index is 0.0586. The maximum Gasteiger partial charge on any atom is 0.257 e. The van der Waals surface area contributed by atoms with Crippen LogP contribution in [-0.2, 0) is 6.54 Å². The van der Waals surface area contributed by atoms with Gasteiger partial charge in [0.2, 0.25) is 5.95 Å². The minimum Gasteiger partial charge on any atom is -0.341 e. The zero-order valence-electron chi connectivity index (χ0n) is 17.7. The normalized spacial score (nSPS) is 14.7. The summed E-state index contributed by atoms with van der Waals surface area (Å²) in [5, 5.41) is 4.48. The molecule has 3 heterocycles. The number of rotatable bonds is 4. The van der Waals surface area contributed by atoms with Gasteiger partial charge in [0, 0.05) is 31.9 Å². The molecule has 1 aliphatic rings. The molecule has 0 spiro atoms. The summed E-state index contributed by atoms with van der Waals surface area (Å²) in [6.45, 7) is 5.66. The Morgan fingerprint density at radius 1 is 1.00 bits per heavy atom. The Morgan fingerprint density at radius 2 is 1.81 bits per heavy atom. The molecule has 7 heteroatoms. The highest BCUT2D eigenvalue weighted by Crippen LogP contribution is 2.20. The molecule has 1 N–H and O–H groups in total. The number of H-pyrrole nitrogens is 1. The lowest BCUT2D eigenvalue weighted by Crippen LogP contribution is -2.35. The number of nitrogens with one attached hydrogen (secondary N) is 1. The first-order valence-corrected chi connectivity index (χ1v) is 10.7. The Morgan fingerprint density at radius 3 is 2.65 bits per heavy atom. The van der Waals surface area contributed by atoms with Crippen LogP contribution in [0.4, 0.5) is 5.95 Å². The summed E-state index contributed by atoms with van der Waals surface area (Å²) in [7, 11) is 0. The number of aromatic nitrogens is 4. The molecule has 7 nitrogen and oxygen atoms in total. The van der Waals surface area contributed by atoms with Crippen molar-refractivity contribution in [1.82, 2.24) is 24.6 Å². The summed E-state index contributed by atoms with van der Waals surface area (Å²) < 4.78 is 1.90. The summed E-state index contributed by atoms with van der Waals surface area (Å²) in [6, 6.07) is 18.2. The van der Waals surface area contributed by atoms with Crippen LogP contribution < -0.4 is 4.90 Å². The molecule has 1 fully saturated rings. The third kappa shape index (κ3) is 3.91. The van der Waals surface area contributed by atoms with Crippen molar-refractivity contribution in [3.05, 3.63) is 77.6 Å². The number of aromatic amines is 1. The van der Waals surface area contributed by atoms with Gasteiger partial charge in [0.1, 0.15) is 0 Å². The van der Waals surface area contributed by atoms with Crippen molar-refractivity contribution in [3.63, 3.8) is 0 Å². The monoisotopic (exact) mass is 414 g/mol. The summed E-state index contributed by atoms with van der Waals surface area (Å²) >= 11 is 0. The van der Waals surface area contributed by atoms with Gasteiger partial charge in [-0.3, -0.25) is 9.48 Å². The van der Waals surface area contributed by atoms with Crippen LogP contribution in [0.3, 0.4) is 0 Å². The van der Waals surface area contributed by atoms with E-state index in [1.54, 1.807) is 6.20 Å². The Kier molecular flexibility index (Phi) is 5.16. The Labute approximate surface area is 181 Å². The molecule has 4 aromatic rings. The number of amides is 1. The molecule has 1 saturated heterocycles. The van der Waals surface area contributed by atoms with Crippen LogP contribution >= 0.6 is 0 Å². The van der Waals surface area contributed by atoms with E-state index in [-0.39, 0.29) is 5.91 Å². The highest BCUT2D eigenvalue weighted by Gasteiger charge is 2.24. The fraction of sp³-hybridized carbons (Fsp3) is 0.292. The number of benzene rings is 2. The Hall–Kier alpha value is -3.61. The van der Waals surface area contributed by atoms with Crippen LogP contribution in [0.25, 0.3) is 11.0 Å². The third-order valence-electron chi connectivity index (χ3n) is 5.97. The molecule has 2 aromatic carbocycles. The van der Waals surface area contributed by atoms with Crippen LogP contribution in [0.2, 0.25) is 0 Å². The van der Waals surface area contributed by atoms with E-state index in [0.717, 1.165) is 48.7 Å². The Bertz CT molecular complexity index is 1160. The van der Waals surface area contributed by atoms with Gasteiger partial charge in [-0.25, -0.2) is 4.98 Å².